The summed E-state index contributed by atoms with van der Waals surface area (Å²) in [5.41, 5.74) is 2.11. The van der Waals surface area contributed by atoms with Crippen molar-refractivity contribution >= 4 is 39.9 Å². The standard InChI is InChI=1S/C14H17Cl2NO2S/c1-9(18)17-5-2-6-20(19)14-4-3-11-12(14)7-10(15)8-13(11)16/h7-8,14H,2-6H2,1H3,(H,17,18)/t14-,20-/m0/s1. The molecule has 0 spiro atoms. The first kappa shape index (κ1) is 15.8. The van der Waals surface area contributed by atoms with E-state index in [2.05, 4.69) is 5.32 Å². The lowest BCUT2D eigenvalue weighted by Gasteiger charge is -2.12. The largest absolute Gasteiger partial charge is 0.356 e. The quantitative estimate of drug-likeness (QED) is 0.840. The van der Waals surface area contributed by atoms with Crippen molar-refractivity contribution in [1.29, 1.82) is 0 Å². The van der Waals surface area contributed by atoms with Gasteiger partial charge in [-0.3, -0.25) is 9.00 Å². The van der Waals surface area contributed by atoms with Crippen molar-refractivity contribution in [3.63, 3.8) is 0 Å². The van der Waals surface area contributed by atoms with Crippen LogP contribution in [-0.2, 0) is 22.0 Å². The third-order valence-electron chi connectivity index (χ3n) is 3.41. The number of amides is 1. The Morgan fingerprint density at radius 1 is 1.45 bits per heavy atom. The van der Waals surface area contributed by atoms with Crippen LogP contribution in [0, 0.1) is 0 Å². The molecule has 1 aromatic carbocycles. The number of fused-ring (bicyclic) bond motifs is 1. The van der Waals surface area contributed by atoms with Gasteiger partial charge < -0.3 is 5.32 Å². The van der Waals surface area contributed by atoms with Crippen molar-refractivity contribution in [2.24, 2.45) is 0 Å². The molecule has 0 saturated carbocycles. The van der Waals surface area contributed by atoms with Gasteiger partial charge in [-0.25, -0.2) is 0 Å². The lowest BCUT2D eigenvalue weighted by Crippen LogP contribution is -2.22. The van der Waals surface area contributed by atoms with Gasteiger partial charge in [-0.1, -0.05) is 23.2 Å². The second-order valence-corrected chi connectivity index (χ2v) is 7.49. The topological polar surface area (TPSA) is 46.2 Å². The van der Waals surface area contributed by atoms with Gasteiger partial charge in [0.15, 0.2) is 0 Å². The first-order chi connectivity index (χ1) is 9.49. The molecule has 0 unspecified atom stereocenters. The first-order valence-corrected chi connectivity index (χ1v) is 8.72. The minimum absolute atomic E-state index is 0.0125. The fourth-order valence-corrected chi connectivity index (χ4v) is 4.69. The third kappa shape index (κ3) is 3.74. The van der Waals surface area contributed by atoms with Crippen molar-refractivity contribution in [2.45, 2.75) is 31.4 Å². The van der Waals surface area contributed by atoms with E-state index in [0.717, 1.165) is 24.0 Å². The van der Waals surface area contributed by atoms with Crippen LogP contribution in [0.3, 0.4) is 0 Å². The molecule has 0 aliphatic heterocycles. The number of hydrogen-bond acceptors (Lipinski definition) is 2. The Morgan fingerprint density at radius 3 is 2.90 bits per heavy atom. The number of carbonyl (C=O) groups is 1. The highest BCUT2D eigenvalue weighted by Crippen LogP contribution is 2.41. The van der Waals surface area contributed by atoms with Crippen LogP contribution in [0.15, 0.2) is 12.1 Å². The fourth-order valence-electron chi connectivity index (χ4n) is 2.50. The van der Waals surface area contributed by atoms with E-state index in [1.807, 2.05) is 6.07 Å². The van der Waals surface area contributed by atoms with Crippen molar-refractivity contribution in [3.8, 4) is 0 Å². The van der Waals surface area contributed by atoms with Gasteiger partial charge in [-0.15, -0.1) is 0 Å². The third-order valence-corrected chi connectivity index (χ3v) is 5.78. The molecule has 0 radical (unpaired) electrons. The van der Waals surface area contributed by atoms with Crippen LogP contribution >= 0.6 is 23.2 Å². The number of rotatable bonds is 5. The highest BCUT2D eigenvalue weighted by Gasteiger charge is 2.29. The van der Waals surface area contributed by atoms with Crippen molar-refractivity contribution in [2.75, 3.05) is 12.3 Å². The van der Waals surface area contributed by atoms with Crippen LogP contribution < -0.4 is 5.32 Å². The second-order valence-electron chi connectivity index (χ2n) is 4.90. The predicted molar refractivity (Wildman–Crippen MR) is 83.8 cm³/mol. The smallest absolute Gasteiger partial charge is 0.216 e. The summed E-state index contributed by atoms with van der Waals surface area (Å²) in [5, 5.41) is 3.99. The summed E-state index contributed by atoms with van der Waals surface area (Å²) in [7, 11) is -0.957. The van der Waals surface area contributed by atoms with Gasteiger partial charge in [-0.05, 0) is 42.5 Å². The maximum Gasteiger partial charge on any atom is 0.216 e. The Labute approximate surface area is 131 Å². The van der Waals surface area contributed by atoms with Crippen molar-refractivity contribution in [3.05, 3.63) is 33.3 Å². The Balaban J connectivity index is 1.99. The molecule has 0 fully saturated rings. The van der Waals surface area contributed by atoms with Crippen LogP contribution in [0.1, 0.15) is 36.1 Å². The SMILES string of the molecule is CC(=O)NCCC[S@](=O)[C@H]1CCc2c(Cl)cc(Cl)cc21. The zero-order valence-electron chi connectivity index (χ0n) is 11.2. The normalized spacial score (nSPS) is 18.6. The van der Waals surface area contributed by atoms with Crippen LogP contribution in [0.4, 0.5) is 0 Å². The van der Waals surface area contributed by atoms with Gasteiger partial charge in [0.25, 0.3) is 0 Å². The van der Waals surface area contributed by atoms with E-state index < -0.39 is 10.8 Å². The molecular weight excluding hydrogens is 317 g/mol. The Bertz CT molecular complexity index is 548. The number of halogens is 2. The molecule has 2 atom stereocenters. The van der Waals surface area contributed by atoms with Crippen molar-refractivity contribution < 1.29 is 9.00 Å². The minimum Gasteiger partial charge on any atom is -0.356 e. The molecule has 1 N–H and O–H groups in total. The van der Waals surface area contributed by atoms with Gasteiger partial charge in [0, 0.05) is 40.1 Å². The molecule has 20 heavy (non-hydrogen) atoms. The maximum atomic E-state index is 12.4. The van der Waals surface area contributed by atoms with Crippen LogP contribution in [0.25, 0.3) is 0 Å². The van der Waals surface area contributed by atoms with E-state index in [1.165, 1.54) is 6.92 Å². The van der Waals surface area contributed by atoms with E-state index >= 15 is 0 Å². The summed E-state index contributed by atoms with van der Waals surface area (Å²) in [4.78, 5) is 10.8. The molecule has 110 valence electrons. The van der Waals surface area contributed by atoms with Gasteiger partial charge in [0.05, 0.1) is 5.25 Å². The molecule has 1 aliphatic rings. The van der Waals surface area contributed by atoms with E-state index in [4.69, 9.17) is 23.2 Å². The molecule has 0 saturated heterocycles. The van der Waals surface area contributed by atoms with Gasteiger partial charge in [0.2, 0.25) is 5.91 Å². The van der Waals surface area contributed by atoms with Gasteiger partial charge in [-0.2, -0.15) is 0 Å². The van der Waals surface area contributed by atoms with Crippen LogP contribution in [-0.4, -0.2) is 22.4 Å². The monoisotopic (exact) mass is 333 g/mol. The first-order valence-electron chi connectivity index (χ1n) is 6.58. The molecule has 3 nitrogen and oxygen atoms in total. The summed E-state index contributed by atoms with van der Waals surface area (Å²) in [6.07, 6.45) is 2.42. The molecule has 1 amide bonds. The van der Waals surface area contributed by atoms with Gasteiger partial charge in [0.1, 0.15) is 0 Å². The average molecular weight is 334 g/mol. The summed E-state index contributed by atoms with van der Waals surface area (Å²) < 4.78 is 12.4. The summed E-state index contributed by atoms with van der Waals surface area (Å²) in [6, 6.07) is 3.62. The molecule has 6 heteroatoms. The lowest BCUT2D eigenvalue weighted by molar-refractivity contribution is -0.118. The Kier molecular flexibility index (Phi) is 5.47. The number of nitrogens with one attached hydrogen (secondary N) is 1. The highest BCUT2D eigenvalue weighted by molar-refractivity contribution is 7.85. The van der Waals surface area contributed by atoms with Crippen molar-refractivity contribution in [1.82, 2.24) is 5.32 Å². The summed E-state index contributed by atoms with van der Waals surface area (Å²) in [5.74, 6) is 0.523. The molecule has 0 aromatic heterocycles. The summed E-state index contributed by atoms with van der Waals surface area (Å²) >= 11 is 12.2. The van der Waals surface area contributed by atoms with Gasteiger partial charge >= 0.3 is 0 Å². The van der Waals surface area contributed by atoms with Crippen LogP contribution in [0.2, 0.25) is 10.0 Å². The number of carbonyl (C=O) groups excluding carboxylic acids is 1. The molecule has 0 bridgehead atoms. The zero-order chi connectivity index (χ0) is 14.7. The van der Waals surface area contributed by atoms with E-state index in [-0.39, 0.29) is 11.2 Å². The molecule has 1 aromatic rings. The highest BCUT2D eigenvalue weighted by atomic mass is 35.5. The molecule has 0 heterocycles. The predicted octanol–water partition coefficient (Wildman–Crippen LogP) is 3.26. The Morgan fingerprint density at radius 2 is 2.20 bits per heavy atom. The number of hydrogen-bond donors (Lipinski definition) is 1. The molecular formula is C14H17Cl2NO2S. The zero-order valence-corrected chi connectivity index (χ0v) is 13.6. The fraction of sp³-hybridized carbons (Fsp3) is 0.500. The average Bonchev–Trinajstić information content (AvgIpc) is 2.78. The van der Waals surface area contributed by atoms with E-state index in [1.54, 1.807) is 6.07 Å². The maximum absolute atomic E-state index is 12.4. The minimum atomic E-state index is -0.957. The Hall–Kier alpha value is -0.580. The lowest BCUT2D eigenvalue weighted by atomic mass is 10.1. The second kappa shape index (κ2) is 6.92. The molecule has 1 aliphatic carbocycles. The van der Waals surface area contributed by atoms with E-state index in [0.29, 0.717) is 28.8 Å². The summed E-state index contributed by atoms with van der Waals surface area (Å²) in [6.45, 7) is 2.05. The number of benzene rings is 1. The van der Waals surface area contributed by atoms with E-state index in [9.17, 15) is 9.00 Å². The van der Waals surface area contributed by atoms with Crippen LogP contribution in [0.5, 0.6) is 0 Å². The molecule has 2 rings (SSSR count).